The Labute approximate surface area is 142 Å². The molecular weight excluding hydrogens is 308 g/mol. The number of nitrogens with zero attached hydrogens (tertiary/aromatic N) is 1. The van der Waals surface area contributed by atoms with Crippen LogP contribution in [0.15, 0.2) is 5.16 Å². The van der Waals surface area contributed by atoms with Gasteiger partial charge in [-0.25, -0.2) is 0 Å². The fraction of sp³-hybridized carbons (Fsp3) is 0.833. The number of carbonyl (C=O) groups excluding carboxylic acids is 1. The highest BCUT2D eigenvalue weighted by molar-refractivity contribution is 5.91. The predicted octanol–water partition coefficient (Wildman–Crippen LogP) is 2.79. The highest BCUT2D eigenvalue weighted by Gasteiger charge is 2.56. The van der Waals surface area contributed by atoms with Crippen LogP contribution in [0.1, 0.15) is 65.2 Å². The van der Waals surface area contributed by atoms with Gasteiger partial charge in [0.15, 0.2) is 0 Å². The summed E-state index contributed by atoms with van der Waals surface area (Å²) in [6.45, 7) is 4.24. The van der Waals surface area contributed by atoms with Gasteiger partial charge in [0.25, 0.3) is 0 Å². The number of oxime groups is 1. The molecule has 1 saturated heterocycles. The quantitative estimate of drug-likeness (QED) is 0.545. The Morgan fingerprint density at radius 1 is 1.25 bits per heavy atom. The first kappa shape index (κ1) is 17.2. The van der Waals surface area contributed by atoms with Crippen molar-refractivity contribution in [3.8, 4) is 0 Å². The molecule has 24 heavy (non-hydrogen) atoms. The first-order valence-corrected chi connectivity index (χ1v) is 9.04. The Bertz CT molecular complexity index is 575. The molecule has 1 amide bonds. The minimum Gasteiger partial charge on any atom is -0.481 e. The molecule has 1 heterocycles. The van der Waals surface area contributed by atoms with Crippen LogP contribution in [-0.4, -0.2) is 33.4 Å². The van der Waals surface area contributed by atoms with Crippen LogP contribution in [-0.2, 0) is 9.59 Å². The summed E-state index contributed by atoms with van der Waals surface area (Å²) in [5, 5.41) is 25.4. The van der Waals surface area contributed by atoms with Gasteiger partial charge in [-0.1, -0.05) is 12.1 Å². The molecule has 1 aliphatic heterocycles. The summed E-state index contributed by atoms with van der Waals surface area (Å²) in [6.07, 6.45) is 5.62. The van der Waals surface area contributed by atoms with Gasteiger partial charge in [0.1, 0.15) is 0 Å². The maximum absolute atomic E-state index is 11.9. The van der Waals surface area contributed by atoms with Crippen molar-refractivity contribution >= 4 is 17.6 Å². The minimum absolute atomic E-state index is 0.0947. The van der Waals surface area contributed by atoms with E-state index in [1.807, 2.05) is 0 Å². The van der Waals surface area contributed by atoms with Gasteiger partial charge in [0.05, 0.1) is 5.71 Å². The number of amides is 1. The van der Waals surface area contributed by atoms with Crippen molar-refractivity contribution in [2.24, 2.45) is 28.3 Å². The summed E-state index contributed by atoms with van der Waals surface area (Å²) in [5.74, 6) is 0.548. The average Bonchev–Trinajstić information content (AvgIpc) is 2.52. The molecule has 0 aromatic heterocycles. The lowest BCUT2D eigenvalue weighted by Gasteiger charge is -2.58. The monoisotopic (exact) mass is 336 g/mol. The third-order valence-electron chi connectivity index (χ3n) is 7.11. The second-order valence-electron chi connectivity index (χ2n) is 8.32. The van der Waals surface area contributed by atoms with Gasteiger partial charge in [0.2, 0.25) is 5.91 Å². The SMILES string of the molecule is CC12CCC3C(CC/C(=N\O)C3(C)CCC(=O)O)C1CCC(=O)N2. The summed E-state index contributed by atoms with van der Waals surface area (Å²) in [4.78, 5) is 23.0. The van der Waals surface area contributed by atoms with E-state index in [-0.39, 0.29) is 23.3 Å². The van der Waals surface area contributed by atoms with Crippen molar-refractivity contribution in [2.75, 3.05) is 0 Å². The van der Waals surface area contributed by atoms with Crippen LogP contribution in [0.2, 0.25) is 0 Å². The lowest BCUT2D eigenvalue weighted by atomic mass is 9.49. The Hall–Kier alpha value is -1.59. The van der Waals surface area contributed by atoms with E-state index in [0.717, 1.165) is 31.4 Å². The highest BCUT2D eigenvalue weighted by Crippen LogP contribution is 2.57. The van der Waals surface area contributed by atoms with Gasteiger partial charge in [0, 0.05) is 23.8 Å². The van der Waals surface area contributed by atoms with Crippen LogP contribution in [0.25, 0.3) is 0 Å². The fourth-order valence-electron chi connectivity index (χ4n) is 5.82. The topological polar surface area (TPSA) is 99.0 Å². The molecule has 3 fully saturated rings. The molecule has 0 aromatic carbocycles. The standard InChI is InChI=1S/C18H28N2O4/c1-17(9-8-16(22)23)12-7-10-18(2)13(4-6-15(21)19-18)11(12)3-5-14(17)20-24/h11-13,24H,3-10H2,1-2H3,(H,19,21)(H,22,23)/b20-14+. The summed E-state index contributed by atoms with van der Waals surface area (Å²) in [6, 6.07) is 0. The van der Waals surface area contributed by atoms with Gasteiger partial charge < -0.3 is 15.6 Å². The average molecular weight is 336 g/mol. The zero-order valence-electron chi connectivity index (χ0n) is 14.5. The molecule has 0 bridgehead atoms. The molecule has 6 heteroatoms. The lowest BCUT2D eigenvalue weighted by Crippen LogP contribution is -2.63. The van der Waals surface area contributed by atoms with Crippen LogP contribution in [0.5, 0.6) is 0 Å². The third kappa shape index (κ3) is 2.70. The zero-order chi connectivity index (χ0) is 17.5. The van der Waals surface area contributed by atoms with Crippen LogP contribution < -0.4 is 5.32 Å². The number of hydrogen-bond donors (Lipinski definition) is 3. The number of aliphatic carboxylic acids is 1. The van der Waals surface area contributed by atoms with E-state index in [0.29, 0.717) is 37.0 Å². The second-order valence-corrected chi connectivity index (χ2v) is 8.32. The van der Waals surface area contributed by atoms with Gasteiger partial charge in [-0.2, -0.15) is 0 Å². The van der Waals surface area contributed by atoms with E-state index in [1.165, 1.54) is 0 Å². The van der Waals surface area contributed by atoms with Crippen molar-refractivity contribution in [3.05, 3.63) is 0 Å². The zero-order valence-corrected chi connectivity index (χ0v) is 14.5. The molecule has 3 rings (SSSR count). The molecule has 0 aromatic rings. The van der Waals surface area contributed by atoms with Gasteiger partial charge in [-0.3, -0.25) is 9.59 Å². The first-order valence-electron chi connectivity index (χ1n) is 9.04. The summed E-state index contributed by atoms with van der Waals surface area (Å²) < 4.78 is 0. The van der Waals surface area contributed by atoms with Crippen molar-refractivity contribution in [1.82, 2.24) is 5.32 Å². The number of carbonyl (C=O) groups is 2. The van der Waals surface area contributed by atoms with Crippen molar-refractivity contribution in [1.29, 1.82) is 0 Å². The molecule has 0 spiro atoms. The minimum atomic E-state index is -0.804. The normalized spacial score (nSPS) is 43.7. The molecule has 6 nitrogen and oxygen atoms in total. The molecule has 134 valence electrons. The van der Waals surface area contributed by atoms with E-state index >= 15 is 0 Å². The number of carboxylic acid groups (broad SMARTS) is 1. The molecule has 0 radical (unpaired) electrons. The number of piperidine rings is 1. The molecule has 3 aliphatic rings. The Balaban J connectivity index is 1.89. The van der Waals surface area contributed by atoms with Gasteiger partial charge >= 0.3 is 5.97 Å². The van der Waals surface area contributed by atoms with E-state index in [9.17, 15) is 14.8 Å². The molecule has 5 unspecified atom stereocenters. The third-order valence-corrected chi connectivity index (χ3v) is 7.11. The number of rotatable bonds is 3. The summed E-state index contributed by atoms with van der Waals surface area (Å²) in [7, 11) is 0. The first-order chi connectivity index (χ1) is 11.3. The molecular formula is C18H28N2O4. The van der Waals surface area contributed by atoms with E-state index in [1.54, 1.807) is 0 Å². The number of carboxylic acids is 1. The number of hydrogen-bond acceptors (Lipinski definition) is 4. The Morgan fingerprint density at radius 3 is 2.67 bits per heavy atom. The second kappa shape index (κ2) is 6.05. The summed E-state index contributed by atoms with van der Waals surface area (Å²) in [5.41, 5.74) is 0.255. The van der Waals surface area contributed by atoms with Gasteiger partial charge in [-0.05, 0) is 63.2 Å². The van der Waals surface area contributed by atoms with Crippen LogP contribution >= 0.6 is 0 Å². The molecule has 2 saturated carbocycles. The fourth-order valence-corrected chi connectivity index (χ4v) is 5.82. The largest absolute Gasteiger partial charge is 0.481 e. The van der Waals surface area contributed by atoms with Crippen molar-refractivity contribution in [2.45, 2.75) is 70.8 Å². The van der Waals surface area contributed by atoms with Crippen molar-refractivity contribution < 1.29 is 19.9 Å². The van der Waals surface area contributed by atoms with Gasteiger partial charge in [-0.15, -0.1) is 0 Å². The molecule has 3 N–H and O–H groups in total. The summed E-state index contributed by atoms with van der Waals surface area (Å²) >= 11 is 0. The van der Waals surface area contributed by atoms with Crippen LogP contribution in [0.4, 0.5) is 0 Å². The maximum Gasteiger partial charge on any atom is 0.303 e. The van der Waals surface area contributed by atoms with E-state index in [2.05, 4.69) is 24.3 Å². The van der Waals surface area contributed by atoms with Crippen LogP contribution in [0.3, 0.4) is 0 Å². The Morgan fingerprint density at radius 2 is 2.00 bits per heavy atom. The number of fused-ring (bicyclic) bond motifs is 3. The number of nitrogens with one attached hydrogen (secondary N) is 1. The smallest absolute Gasteiger partial charge is 0.303 e. The van der Waals surface area contributed by atoms with Crippen molar-refractivity contribution in [3.63, 3.8) is 0 Å². The lowest BCUT2D eigenvalue weighted by molar-refractivity contribution is -0.138. The predicted molar refractivity (Wildman–Crippen MR) is 88.9 cm³/mol. The molecule has 2 aliphatic carbocycles. The van der Waals surface area contributed by atoms with Crippen LogP contribution in [0, 0.1) is 23.2 Å². The van der Waals surface area contributed by atoms with E-state index in [4.69, 9.17) is 5.11 Å². The Kier molecular flexibility index (Phi) is 4.34. The highest BCUT2D eigenvalue weighted by atomic mass is 16.4. The maximum atomic E-state index is 11.9. The van der Waals surface area contributed by atoms with E-state index < -0.39 is 5.97 Å². The molecule has 5 atom stereocenters.